The summed E-state index contributed by atoms with van der Waals surface area (Å²) in [6, 6.07) is 0. The van der Waals surface area contributed by atoms with Gasteiger partial charge in [-0.15, -0.1) is 0 Å². The lowest BCUT2D eigenvalue weighted by molar-refractivity contribution is -0.0472. The minimum atomic E-state index is -2.89. The summed E-state index contributed by atoms with van der Waals surface area (Å²) >= 11 is 0. The lowest BCUT2D eigenvalue weighted by Gasteiger charge is -2.04. The number of hydrogen-bond acceptors (Lipinski definition) is 2. The van der Waals surface area contributed by atoms with Crippen LogP contribution in [0.5, 0.6) is 0 Å². The van der Waals surface area contributed by atoms with E-state index >= 15 is 0 Å². The summed E-state index contributed by atoms with van der Waals surface area (Å²) in [6.07, 6.45) is -8.44. The van der Waals surface area contributed by atoms with Gasteiger partial charge < -0.3 is 9.84 Å². The van der Waals surface area contributed by atoms with Gasteiger partial charge in [0.05, 0.1) is 6.42 Å². The molecule has 0 spiro atoms. The molecule has 0 aromatic heterocycles. The van der Waals surface area contributed by atoms with Gasteiger partial charge >= 0.3 is 6.16 Å². The first-order valence-corrected chi connectivity index (χ1v) is 2.34. The SMILES string of the molecule is O=C(O)OC(F)CC(F)F. The van der Waals surface area contributed by atoms with E-state index in [-0.39, 0.29) is 0 Å². The molecule has 1 unspecified atom stereocenters. The molecule has 0 radical (unpaired) electrons. The van der Waals surface area contributed by atoms with Gasteiger partial charge in [0.15, 0.2) is 0 Å². The van der Waals surface area contributed by atoms with Crippen LogP contribution in [0.2, 0.25) is 0 Å². The third-order valence-electron chi connectivity index (χ3n) is 0.592. The molecule has 0 saturated carbocycles. The number of hydrogen-bond donors (Lipinski definition) is 1. The maximum atomic E-state index is 11.8. The van der Waals surface area contributed by atoms with Crippen molar-refractivity contribution in [1.82, 2.24) is 0 Å². The van der Waals surface area contributed by atoms with Crippen molar-refractivity contribution in [3.8, 4) is 0 Å². The Morgan fingerprint density at radius 3 is 2.30 bits per heavy atom. The second-order valence-electron chi connectivity index (χ2n) is 1.42. The Morgan fingerprint density at radius 1 is 1.50 bits per heavy atom. The van der Waals surface area contributed by atoms with Crippen molar-refractivity contribution in [2.24, 2.45) is 0 Å². The number of carbonyl (C=O) groups is 1. The monoisotopic (exact) mass is 158 g/mol. The second kappa shape index (κ2) is 3.97. The van der Waals surface area contributed by atoms with Crippen molar-refractivity contribution < 1.29 is 27.8 Å². The van der Waals surface area contributed by atoms with Crippen LogP contribution in [0.15, 0.2) is 0 Å². The summed E-state index contributed by atoms with van der Waals surface area (Å²) in [6.45, 7) is 0. The lowest BCUT2D eigenvalue weighted by atomic mass is 10.4. The third kappa shape index (κ3) is 5.20. The Kier molecular flexibility index (Phi) is 3.60. The first kappa shape index (κ1) is 9.06. The molecule has 0 aliphatic heterocycles. The predicted octanol–water partition coefficient (Wildman–Crippen LogP) is 1.63. The zero-order valence-electron chi connectivity index (χ0n) is 4.76. The molecular weight excluding hydrogens is 153 g/mol. The van der Waals surface area contributed by atoms with Gasteiger partial charge in [-0.05, 0) is 0 Å². The zero-order chi connectivity index (χ0) is 8.15. The molecule has 0 amide bonds. The van der Waals surface area contributed by atoms with Crippen LogP contribution in [-0.2, 0) is 4.74 Å². The van der Waals surface area contributed by atoms with Crippen LogP contribution < -0.4 is 0 Å². The van der Waals surface area contributed by atoms with Crippen LogP contribution in [0, 0.1) is 0 Å². The van der Waals surface area contributed by atoms with Crippen LogP contribution in [0.1, 0.15) is 6.42 Å². The Balaban J connectivity index is 3.43. The molecule has 0 fully saturated rings. The van der Waals surface area contributed by atoms with Crippen LogP contribution >= 0.6 is 0 Å². The molecule has 3 nitrogen and oxygen atoms in total. The van der Waals surface area contributed by atoms with Gasteiger partial charge in [-0.2, -0.15) is 0 Å². The van der Waals surface area contributed by atoms with E-state index in [2.05, 4.69) is 4.74 Å². The molecular formula is C4H5F3O3. The predicted molar refractivity (Wildman–Crippen MR) is 24.6 cm³/mol. The molecule has 0 aliphatic rings. The molecule has 0 heterocycles. The van der Waals surface area contributed by atoms with E-state index in [9.17, 15) is 18.0 Å². The van der Waals surface area contributed by atoms with Crippen LogP contribution in [0.3, 0.4) is 0 Å². The van der Waals surface area contributed by atoms with E-state index in [1.54, 1.807) is 0 Å². The molecule has 0 aliphatic carbocycles. The standard InChI is InChI=1S/C4H5F3O3/c5-2(6)1-3(7)10-4(8)9/h2-3H,1H2,(H,8,9). The normalized spacial score (nSPS) is 13.2. The average Bonchev–Trinajstić information content (AvgIpc) is 1.58. The molecule has 0 rings (SSSR count). The Hall–Kier alpha value is -0.940. The van der Waals surface area contributed by atoms with E-state index in [4.69, 9.17) is 5.11 Å². The highest BCUT2D eigenvalue weighted by molar-refractivity contribution is 5.56. The molecule has 1 N–H and O–H groups in total. The summed E-state index contributed by atoms with van der Waals surface area (Å²) in [5.74, 6) is 0. The molecule has 1 atom stereocenters. The van der Waals surface area contributed by atoms with E-state index in [0.717, 1.165) is 0 Å². The minimum absolute atomic E-state index is 1.22. The fraction of sp³-hybridized carbons (Fsp3) is 0.750. The second-order valence-corrected chi connectivity index (χ2v) is 1.42. The first-order chi connectivity index (χ1) is 4.52. The minimum Gasteiger partial charge on any atom is -0.450 e. The highest BCUT2D eigenvalue weighted by Gasteiger charge is 2.17. The number of ether oxygens (including phenoxy) is 1. The Labute approximate surface area is 54.4 Å². The quantitative estimate of drug-likeness (QED) is 0.635. The van der Waals surface area contributed by atoms with Crippen molar-refractivity contribution in [1.29, 1.82) is 0 Å². The van der Waals surface area contributed by atoms with Gasteiger partial charge in [0, 0.05) is 0 Å². The van der Waals surface area contributed by atoms with Gasteiger partial charge in [0.1, 0.15) is 0 Å². The lowest BCUT2D eigenvalue weighted by Crippen LogP contribution is -2.14. The smallest absolute Gasteiger partial charge is 0.450 e. The van der Waals surface area contributed by atoms with Gasteiger partial charge in [-0.3, -0.25) is 0 Å². The number of halogens is 3. The Morgan fingerprint density at radius 2 is 2.00 bits per heavy atom. The number of rotatable bonds is 3. The largest absolute Gasteiger partial charge is 0.508 e. The molecule has 6 heteroatoms. The highest BCUT2D eigenvalue weighted by Crippen LogP contribution is 2.08. The van der Waals surface area contributed by atoms with E-state index in [1.165, 1.54) is 0 Å². The topological polar surface area (TPSA) is 46.5 Å². The van der Waals surface area contributed by atoms with E-state index in [0.29, 0.717) is 0 Å². The van der Waals surface area contributed by atoms with Crippen LogP contribution in [-0.4, -0.2) is 24.0 Å². The first-order valence-electron chi connectivity index (χ1n) is 2.34. The molecule has 0 saturated heterocycles. The van der Waals surface area contributed by atoms with Gasteiger partial charge in [0.25, 0.3) is 6.36 Å². The summed E-state index contributed by atoms with van der Waals surface area (Å²) in [5, 5.41) is 7.69. The fourth-order valence-electron chi connectivity index (χ4n) is 0.298. The maximum absolute atomic E-state index is 11.8. The van der Waals surface area contributed by atoms with Gasteiger partial charge in [-0.25, -0.2) is 18.0 Å². The fourth-order valence-corrected chi connectivity index (χ4v) is 0.298. The highest BCUT2D eigenvalue weighted by atomic mass is 19.3. The van der Waals surface area contributed by atoms with Crippen molar-refractivity contribution >= 4 is 6.16 Å². The number of alkyl halides is 3. The summed E-state index contributed by atoms with van der Waals surface area (Å²) in [4.78, 5) is 9.48. The van der Waals surface area contributed by atoms with Crippen molar-refractivity contribution in [3.05, 3.63) is 0 Å². The third-order valence-corrected chi connectivity index (χ3v) is 0.592. The molecule has 0 aromatic carbocycles. The van der Waals surface area contributed by atoms with Crippen molar-refractivity contribution in [3.63, 3.8) is 0 Å². The molecule has 60 valence electrons. The molecule has 0 bridgehead atoms. The van der Waals surface area contributed by atoms with Gasteiger partial charge in [0.2, 0.25) is 6.43 Å². The maximum Gasteiger partial charge on any atom is 0.508 e. The average molecular weight is 158 g/mol. The summed E-state index contributed by atoms with van der Waals surface area (Å²) in [7, 11) is 0. The van der Waals surface area contributed by atoms with E-state index in [1.807, 2.05) is 0 Å². The Bertz CT molecular complexity index is 116. The van der Waals surface area contributed by atoms with E-state index < -0.39 is 25.4 Å². The van der Waals surface area contributed by atoms with Crippen LogP contribution in [0.4, 0.5) is 18.0 Å². The summed E-state index contributed by atoms with van der Waals surface area (Å²) < 4.78 is 37.6. The molecule has 10 heavy (non-hydrogen) atoms. The van der Waals surface area contributed by atoms with Gasteiger partial charge in [-0.1, -0.05) is 0 Å². The zero-order valence-corrected chi connectivity index (χ0v) is 4.76. The van der Waals surface area contributed by atoms with Crippen molar-refractivity contribution in [2.75, 3.05) is 0 Å². The molecule has 0 aromatic rings. The van der Waals surface area contributed by atoms with Crippen molar-refractivity contribution in [2.45, 2.75) is 19.2 Å². The summed E-state index contributed by atoms with van der Waals surface area (Å²) in [5.41, 5.74) is 0. The number of carboxylic acid groups (broad SMARTS) is 1. The van der Waals surface area contributed by atoms with Crippen LogP contribution in [0.25, 0.3) is 0 Å².